The van der Waals surface area contributed by atoms with Crippen LogP contribution >= 0.6 is 11.3 Å². The largest absolute Gasteiger partial charge is 0.465 e. The molecule has 96 heavy (non-hydrogen) atoms. The fraction of sp³-hybridized carbons (Fsp3) is 0.432. The van der Waals surface area contributed by atoms with Crippen LogP contribution in [0.4, 0.5) is 0 Å². The number of carbonyl (C=O) groups is 1. The first kappa shape index (κ1) is 81.1. The molecule has 0 spiro atoms. The van der Waals surface area contributed by atoms with E-state index in [9.17, 15) is 4.79 Å². The van der Waals surface area contributed by atoms with Crippen LogP contribution in [0, 0.1) is 13.8 Å². The number of carbonyl (C=O) groups excluding carboxylic acids is 1. The van der Waals surface area contributed by atoms with Crippen molar-refractivity contribution in [3.05, 3.63) is 289 Å². The van der Waals surface area contributed by atoms with Crippen LogP contribution in [0.5, 0.6) is 0 Å². The zero-order chi connectivity index (χ0) is 71.5. The van der Waals surface area contributed by atoms with Gasteiger partial charge in [-0.2, -0.15) is 11.3 Å². The van der Waals surface area contributed by atoms with Gasteiger partial charge in [0.15, 0.2) is 0 Å². The number of aryl methyl sites for hydroxylation is 3. The standard InChI is InChI=1S/C27H34N2.C12H16O2.C12H16O.C11H16.2C9H13N.C8H12S/c1-22-15-16-23(19-26(22)27(2,3)4)13-10-18-29(20-24-11-6-5-7-12-24)21-25-14-8-9-17-28-25;1-12(2,3)10-8-6-5-7-9(10)11(13)14-4;1-12(2,3)11-6-4-5-9-7-13-8-10(9)11;1-9-6-5-7-10(8-9)11(2,3)4;1-9(2,3)8-5-4-6-10-7-8;1-9(2,3)8-6-4-5-7-10-8;1-8(2,3)7-4-5-9-6-7/h5-9,11-12,14-17,19H,10,13,18,20-21H2,1-4H3;5-8H,1-4H3;4-6H,7-8H2,1-3H3;5-8H,1-4H3;2*4-7H,1-3H3;4-6H,1-3H3. The molecule has 0 radical (unpaired) electrons. The second kappa shape index (κ2) is 37.4. The van der Waals surface area contributed by atoms with Gasteiger partial charge in [0, 0.05) is 49.0 Å². The summed E-state index contributed by atoms with van der Waals surface area (Å²) >= 11 is 1.77. The SMILES string of the molecule is CC(C)(C)c1cccc2c1COC2.CC(C)(C)c1ccccn1.CC(C)(C)c1cccnc1.CC(C)(C)c1ccsc1.COC(=O)c1ccccc1C(C)(C)C.Cc1ccc(CCCN(Cc2ccccc2)Cc2ccccn2)cc1C(C)(C)C.Cc1cccc(C(C)(C)C)c1. The molecule has 0 saturated carbocycles. The van der Waals surface area contributed by atoms with E-state index in [1.807, 2.05) is 61.1 Å². The lowest BCUT2D eigenvalue weighted by molar-refractivity contribution is 0.0598. The Labute approximate surface area is 587 Å². The molecule has 9 aromatic rings. The predicted molar refractivity (Wildman–Crippen MR) is 412 cm³/mol. The lowest BCUT2D eigenvalue weighted by Gasteiger charge is -2.24. The molecule has 7 nitrogen and oxygen atoms in total. The number of methoxy groups -OCH3 is 1. The zero-order valence-corrected chi connectivity index (χ0v) is 64.3. The summed E-state index contributed by atoms with van der Waals surface area (Å²) in [4.78, 5) is 26.8. The first-order chi connectivity index (χ1) is 44.8. The summed E-state index contributed by atoms with van der Waals surface area (Å²) in [6.07, 6.45) is 9.69. The minimum Gasteiger partial charge on any atom is -0.465 e. The van der Waals surface area contributed by atoms with Crippen molar-refractivity contribution in [1.29, 1.82) is 0 Å². The molecule has 8 heteroatoms. The minimum absolute atomic E-state index is 0.0369. The van der Waals surface area contributed by atoms with Crippen molar-refractivity contribution in [2.24, 2.45) is 0 Å². The van der Waals surface area contributed by atoms with Gasteiger partial charge in [-0.05, 0) is 180 Å². The average molecular weight is 1310 g/mol. The van der Waals surface area contributed by atoms with Crippen LogP contribution in [-0.4, -0.2) is 39.5 Å². The molecule has 1 aliphatic heterocycles. The number of hydrogen-bond acceptors (Lipinski definition) is 8. The van der Waals surface area contributed by atoms with Gasteiger partial charge in [-0.3, -0.25) is 19.9 Å². The van der Waals surface area contributed by atoms with Crippen LogP contribution in [0.25, 0.3) is 0 Å². The second-order valence-electron chi connectivity index (χ2n) is 32.3. The number of thiophene rings is 1. The molecule has 0 unspecified atom stereocenters. The number of benzene rings is 5. The Hall–Kier alpha value is -7.36. The topological polar surface area (TPSA) is 77.4 Å². The van der Waals surface area contributed by atoms with Gasteiger partial charge in [0.2, 0.25) is 0 Å². The molecule has 5 heterocycles. The summed E-state index contributed by atoms with van der Waals surface area (Å²) in [6.45, 7) is 55.2. The summed E-state index contributed by atoms with van der Waals surface area (Å²) in [6, 6.07) is 58.9. The van der Waals surface area contributed by atoms with Gasteiger partial charge in [-0.15, -0.1) is 0 Å². The third kappa shape index (κ3) is 29.2. The molecule has 0 atom stereocenters. The monoisotopic (exact) mass is 1310 g/mol. The van der Waals surface area contributed by atoms with Crippen molar-refractivity contribution in [3.63, 3.8) is 0 Å². The number of rotatable bonds is 9. The number of aromatic nitrogens is 3. The number of nitrogens with zero attached hydrogens (tertiary/aromatic N) is 4. The van der Waals surface area contributed by atoms with Gasteiger partial charge >= 0.3 is 5.97 Å². The maximum atomic E-state index is 11.5. The normalized spacial score (nSPS) is 12.2. The van der Waals surface area contributed by atoms with Crippen molar-refractivity contribution < 1.29 is 14.3 Å². The zero-order valence-electron chi connectivity index (χ0n) is 63.5. The van der Waals surface area contributed by atoms with E-state index in [0.29, 0.717) is 11.0 Å². The Balaban J connectivity index is 0.000000251. The van der Waals surface area contributed by atoms with Crippen LogP contribution in [0.15, 0.2) is 205 Å². The van der Waals surface area contributed by atoms with Gasteiger partial charge in [0.05, 0.1) is 31.6 Å². The molecule has 516 valence electrons. The minimum atomic E-state index is -0.268. The molecule has 0 amide bonds. The smallest absolute Gasteiger partial charge is 0.338 e. The third-order valence-corrected chi connectivity index (χ3v) is 17.1. The van der Waals surface area contributed by atoms with Crippen LogP contribution in [0.3, 0.4) is 0 Å². The quantitative estimate of drug-likeness (QED) is 0.133. The van der Waals surface area contributed by atoms with Crippen molar-refractivity contribution in [2.75, 3.05) is 13.7 Å². The van der Waals surface area contributed by atoms with Crippen LogP contribution < -0.4 is 0 Å². The first-order valence-electron chi connectivity index (χ1n) is 34.3. The van der Waals surface area contributed by atoms with Crippen LogP contribution in [0.2, 0.25) is 0 Å². The van der Waals surface area contributed by atoms with Crippen molar-refractivity contribution in [2.45, 2.75) is 236 Å². The summed E-state index contributed by atoms with van der Waals surface area (Å²) < 4.78 is 10.2. The second-order valence-corrected chi connectivity index (χ2v) is 33.1. The van der Waals surface area contributed by atoms with E-state index >= 15 is 0 Å². The molecular formula is C88H120N4O3S. The molecule has 0 fully saturated rings. The fourth-order valence-corrected chi connectivity index (χ4v) is 11.5. The van der Waals surface area contributed by atoms with E-state index in [1.54, 1.807) is 23.6 Å². The van der Waals surface area contributed by atoms with Gasteiger partial charge in [0.1, 0.15) is 0 Å². The van der Waals surface area contributed by atoms with E-state index in [0.717, 1.165) is 62.6 Å². The summed E-state index contributed by atoms with van der Waals surface area (Å²) in [5.74, 6) is -0.268. The van der Waals surface area contributed by atoms with E-state index < -0.39 is 0 Å². The molecule has 0 saturated heterocycles. The maximum Gasteiger partial charge on any atom is 0.338 e. The molecule has 0 aliphatic carbocycles. The maximum absolute atomic E-state index is 11.5. The molecule has 10 rings (SSSR count). The van der Waals surface area contributed by atoms with Crippen molar-refractivity contribution in [1.82, 2.24) is 19.9 Å². The summed E-state index contributed by atoms with van der Waals surface area (Å²) in [5, 5.41) is 4.33. The number of fused-ring (bicyclic) bond motifs is 1. The van der Waals surface area contributed by atoms with Crippen LogP contribution in [-0.2, 0) is 80.1 Å². The van der Waals surface area contributed by atoms with E-state index in [4.69, 9.17) is 9.47 Å². The number of pyridine rings is 3. The average Bonchev–Trinajstić information content (AvgIpc) is 1.55. The number of ether oxygens (including phenoxy) is 2. The van der Waals surface area contributed by atoms with E-state index in [-0.39, 0.29) is 38.5 Å². The molecule has 5 aromatic carbocycles. The van der Waals surface area contributed by atoms with Crippen molar-refractivity contribution >= 4 is 17.3 Å². The highest BCUT2D eigenvalue weighted by Gasteiger charge is 2.24. The highest BCUT2D eigenvalue weighted by molar-refractivity contribution is 7.08. The Morgan fingerprint density at radius 2 is 1.07 bits per heavy atom. The number of hydrogen-bond donors (Lipinski definition) is 0. The Morgan fingerprint density at radius 1 is 0.490 bits per heavy atom. The molecule has 0 bridgehead atoms. The third-order valence-electron chi connectivity index (χ3n) is 16.4. The molecular weight excluding hydrogens is 1190 g/mol. The lowest BCUT2D eigenvalue weighted by Crippen LogP contribution is -2.25. The first-order valence-corrected chi connectivity index (χ1v) is 35.3. The lowest BCUT2D eigenvalue weighted by atomic mass is 9.83. The highest BCUT2D eigenvalue weighted by Crippen LogP contribution is 2.33. The van der Waals surface area contributed by atoms with Gasteiger partial charge in [0.25, 0.3) is 0 Å². The highest BCUT2D eigenvalue weighted by atomic mass is 32.1. The van der Waals surface area contributed by atoms with Gasteiger partial charge < -0.3 is 9.47 Å². The van der Waals surface area contributed by atoms with E-state index in [2.05, 4.69) is 311 Å². The van der Waals surface area contributed by atoms with E-state index in [1.165, 1.54) is 68.3 Å². The Bertz CT molecular complexity index is 3550. The Kier molecular flexibility index (Phi) is 31.6. The fourth-order valence-electron chi connectivity index (χ4n) is 10.7. The number of esters is 1. The van der Waals surface area contributed by atoms with Crippen LogP contribution in [0.1, 0.15) is 240 Å². The molecule has 1 aliphatic rings. The predicted octanol–water partition coefficient (Wildman–Crippen LogP) is 23.2. The summed E-state index contributed by atoms with van der Waals surface area (Å²) in [7, 11) is 1.40. The Morgan fingerprint density at radius 3 is 1.56 bits per heavy atom. The van der Waals surface area contributed by atoms with Crippen molar-refractivity contribution in [3.8, 4) is 0 Å². The van der Waals surface area contributed by atoms with Gasteiger partial charge in [-0.25, -0.2) is 4.79 Å². The molecule has 0 N–H and O–H groups in total. The van der Waals surface area contributed by atoms with Gasteiger partial charge in [-0.1, -0.05) is 278 Å². The molecule has 4 aromatic heterocycles. The summed E-state index contributed by atoms with van der Waals surface area (Å²) in [5.41, 5.74) is 20.7.